The minimum atomic E-state index is -0.305. The fraction of sp³-hybridized carbons (Fsp3) is 0.227. The highest BCUT2D eigenvalue weighted by Crippen LogP contribution is 2.35. The van der Waals surface area contributed by atoms with Crippen molar-refractivity contribution < 1.29 is 9.13 Å². The van der Waals surface area contributed by atoms with Gasteiger partial charge in [-0.3, -0.25) is 0 Å². The summed E-state index contributed by atoms with van der Waals surface area (Å²) < 4.78 is 22.6. The number of aromatic nitrogens is 4. The maximum Gasteiger partial charge on any atom is 0.164 e. The van der Waals surface area contributed by atoms with E-state index in [9.17, 15) is 4.39 Å². The van der Waals surface area contributed by atoms with Crippen molar-refractivity contribution in [2.45, 2.75) is 18.9 Å². The molecule has 1 atom stereocenters. The Morgan fingerprint density at radius 1 is 1.03 bits per heavy atom. The summed E-state index contributed by atoms with van der Waals surface area (Å²) in [7, 11) is 0. The number of rotatable bonds is 4. The second kappa shape index (κ2) is 8.13. The van der Waals surface area contributed by atoms with E-state index in [1.807, 2.05) is 28.9 Å². The largest absolute Gasteiger partial charge is 0.457 e. The summed E-state index contributed by atoms with van der Waals surface area (Å²) in [6.07, 6.45) is 3.41. The molecular formula is C22H20ClFN6O. The van der Waals surface area contributed by atoms with Crippen molar-refractivity contribution in [3.05, 3.63) is 60.7 Å². The van der Waals surface area contributed by atoms with E-state index in [2.05, 4.69) is 9.97 Å². The average molecular weight is 439 g/mol. The molecular weight excluding hydrogens is 419 g/mol. The Hall–Kier alpha value is -3.23. The summed E-state index contributed by atoms with van der Waals surface area (Å²) in [5, 5.41) is 5.59. The molecule has 3 heterocycles. The number of nitrogens with zero attached hydrogens (tertiary/aromatic N) is 5. The number of ether oxygens (including phenoxy) is 1. The lowest BCUT2D eigenvalue weighted by Crippen LogP contribution is -2.31. The van der Waals surface area contributed by atoms with Crippen LogP contribution in [0.1, 0.15) is 18.9 Å². The number of halogens is 2. The summed E-state index contributed by atoms with van der Waals surface area (Å²) >= 11 is 6.26. The molecule has 0 amide bonds. The highest BCUT2D eigenvalue weighted by molar-refractivity contribution is 6.13. The Bertz CT molecular complexity index is 1210. The van der Waals surface area contributed by atoms with Crippen molar-refractivity contribution in [1.82, 2.24) is 24.2 Å². The predicted molar refractivity (Wildman–Crippen MR) is 117 cm³/mol. The quantitative estimate of drug-likeness (QED) is 0.461. The molecule has 1 aliphatic heterocycles. The average Bonchev–Trinajstić information content (AvgIpc) is 3.17. The first-order chi connectivity index (χ1) is 15.1. The zero-order valence-corrected chi connectivity index (χ0v) is 17.3. The zero-order valence-electron chi connectivity index (χ0n) is 16.6. The van der Waals surface area contributed by atoms with Gasteiger partial charge in [-0.1, -0.05) is 0 Å². The third kappa shape index (κ3) is 3.92. The van der Waals surface area contributed by atoms with Crippen LogP contribution in [-0.2, 0) is 0 Å². The lowest BCUT2D eigenvalue weighted by Gasteiger charge is -2.27. The molecule has 0 aliphatic carbocycles. The molecule has 0 radical (unpaired) electrons. The van der Waals surface area contributed by atoms with Gasteiger partial charge in [-0.15, -0.1) is 0 Å². The van der Waals surface area contributed by atoms with Crippen LogP contribution in [-0.4, -0.2) is 37.3 Å². The number of nitrogen functional groups attached to an aromatic ring is 1. The molecule has 2 N–H and O–H groups in total. The van der Waals surface area contributed by atoms with Crippen LogP contribution in [0, 0.1) is 5.82 Å². The summed E-state index contributed by atoms with van der Waals surface area (Å²) in [4.78, 5) is 8.63. The van der Waals surface area contributed by atoms with E-state index in [4.69, 9.17) is 27.3 Å². The van der Waals surface area contributed by atoms with Gasteiger partial charge in [0.1, 0.15) is 35.2 Å². The highest BCUT2D eigenvalue weighted by atomic mass is 35.5. The summed E-state index contributed by atoms with van der Waals surface area (Å²) in [5.74, 6) is 1.27. The SMILES string of the molecule is Nc1ncnc2c1c(-c1ccc(Oc3ccc(F)cc3)cc1)nn2C1CCCN(Cl)C1. The van der Waals surface area contributed by atoms with Crippen molar-refractivity contribution in [1.29, 1.82) is 0 Å². The normalized spacial score (nSPS) is 17.2. The van der Waals surface area contributed by atoms with E-state index >= 15 is 0 Å². The first-order valence-corrected chi connectivity index (χ1v) is 10.4. The standard InChI is InChI=1S/C22H20ClFN6O/c23-29-11-1-2-16(12-29)30-22-19(21(25)26-13-27-22)20(28-30)14-3-7-17(8-4-14)31-18-9-5-15(24)6-10-18/h3-10,13,16H,1-2,11-12H2,(H2,25,26,27). The number of hydrogen-bond donors (Lipinski definition) is 1. The smallest absolute Gasteiger partial charge is 0.164 e. The van der Waals surface area contributed by atoms with E-state index in [0.717, 1.165) is 30.3 Å². The van der Waals surface area contributed by atoms with Crippen LogP contribution in [0.15, 0.2) is 54.9 Å². The molecule has 5 rings (SSSR count). The fourth-order valence-corrected chi connectivity index (χ4v) is 4.16. The van der Waals surface area contributed by atoms with Gasteiger partial charge in [-0.25, -0.2) is 23.5 Å². The van der Waals surface area contributed by atoms with E-state index in [0.29, 0.717) is 35.2 Å². The molecule has 4 aromatic rings. The molecule has 1 fully saturated rings. The van der Waals surface area contributed by atoms with Gasteiger partial charge in [0.15, 0.2) is 5.65 Å². The molecule has 2 aromatic heterocycles. The maximum atomic E-state index is 13.1. The van der Waals surface area contributed by atoms with Crippen LogP contribution in [0.5, 0.6) is 11.5 Å². The van der Waals surface area contributed by atoms with Crippen LogP contribution >= 0.6 is 11.8 Å². The van der Waals surface area contributed by atoms with E-state index in [1.54, 1.807) is 16.6 Å². The van der Waals surface area contributed by atoms with Gasteiger partial charge in [0.05, 0.1) is 11.4 Å². The molecule has 7 nitrogen and oxygen atoms in total. The molecule has 0 spiro atoms. The predicted octanol–water partition coefficient (Wildman–Crippen LogP) is 4.80. The zero-order chi connectivity index (χ0) is 21.4. The Balaban J connectivity index is 1.50. The number of anilines is 1. The minimum Gasteiger partial charge on any atom is -0.457 e. The second-order valence-corrected chi connectivity index (χ2v) is 7.97. The molecule has 0 saturated carbocycles. The summed E-state index contributed by atoms with van der Waals surface area (Å²) in [6, 6.07) is 13.5. The van der Waals surface area contributed by atoms with Gasteiger partial charge in [0.25, 0.3) is 0 Å². The monoisotopic (exact) mass is 438 g/mol. The first kappa shape index (κ1) is 19.7. The Morgan fingerprint density at radius 3 is 2.45 bits per heavy atom. The molecule has 2 aromatic carbocycles. The number of fused-ring (bicyclic) bond motifs is 1. The van der Waals surface area contributed by atoms with Gasteiger partial charge in [-0.2, -0.15) is 5.10 Å². The molecule has 1 unspecified atom stereocenters. The number of piperidine rings is 1. The van der Waals surface area contributed by atoms with Crippen molar-refractivity contribution in [3.8, 4) is 22.8 Å². The first-order valence-electron chi connectivity index (χ1n) is 10.0. The number of hydrogen-bond acceptors (Lipinski definition) is 6. The third-order valence-electron chi connectivity index (χ3n) is 5.39. The van der Waals surface area contributed by atoms with Crippen molar-refractivity contribution in [2.75, 3.05) is 18.8 Å². The van der Waals surface area contributed by atoms with Gasteiger partial charge in [0.2, 0.25) is 0 Å². The molecule has 1 saturated heterocycles. The van der Waals surface area contributed by atoms with Gasteiger partial charge >= 0.3 is 0 Å². The van der Waals surface area contributed by atoms with E-state index in [1.165, 1.54) is 18.5 Å². The van der Waals surface area contributed by atoms with Crippen LogP contribution in [0.3, 0.4) is 0 Å². The topological polar surface area (TPSA) is 82.1 Å². The molecule has 31 heavy (non-hydrogen) atoms. The van der Waals surface area contributed by atoms with Gasteiger partial charge in [-0.05, 0) is 73.1 Å². The van der Waals surface area contributed by atoms with Crippen molar-refractivity contribution in [3.63, 3.8) is 0 Å². The van der Waals surface area contributed by atoms with Crippen LogP contribution in [0.25, 0.3) is 22.3 Å². The van der Waals surface area contributed by atoms with E-state index in [-0.39, 0.29) is 11.9 Å². The molecule has 1 aliphatic rings. The maximum absolute atomic E-state index is 13.1. The van der Waals surface area contributed by atoms with Gasteiger partial charge < -0.3 is 10.5 Å². The van der Waals surface area contributed by atoms with Crippen LogP contribution < -0.4 is 10.5 Å². The number of nitrogens with two attached hydrogens (primary N) is 1. The lowest BCUT2D eigenvalue weighted by molar-refractivity contribution is 0.266. The third-order valence-corrected chi connectivity index (χ3v) is 5.70. The van der Waals surface area contributed by atoms with E-state index < -0.39 is 0 Å². The highest BCUT2D eigenvalue weighted by Gasteiger charge is 2.26. The van der Waals surface area contributed by atoms with Crippen molar-refractivity contribution in [2.24, 2.45) is 0 Å². The molecule has 158 valence electrons. The fourth-order valence-electron chi connectivity index (χ4n) is 3.88. The Labute approximate surface area is 183 Å². The Kier molecular flexibility index (Phi) is 5.17. The minimum absolute atomic E-state index is 0.109. The van der Waals surface area contributed by atoms with Crippen molar-refractivity contribution >= 4 is 28.6 Å². The van der Waals surface area contributed by atoms with Crippen LogP contribution in [0.2, 0.25) is 0 Å². The number of benzene rings is 2. The second-order valence-electron chi connectivity index (χ2n) is 7.50. The van der Waals surface area contributed by atoms with Crippen LogP contribution in [0.4, 0.5) is 10.2 Å². The summed E-state index contributed by atoms with van der Waals surface area (Å²) in [6.45, 7) is 1.54. The molecule has 9 heteroatoms. The Morgan fingerprint density at radius 2 is 1.74 bits per heavy atom. The molecule has 0 bridgehead atoms. The van der Waals surface area contributed by atoms with Gasteiger partial charge in [0, 0.05) is 18.7 Å². The summed E-state index contributed by atoms with van der Waals surface area (Å²) in [5.41, 5.74) is 8.50. The lowest BCUT2D eigenvalue weighted by atomic mass is 10.1.